The molecule has 0 bridgehead atoms. The number of furan rings is 1. The Morgan fingerprint density at radius 1 is 1.32 bits per heavy atom. The van der Waals surface area contributed by atoms with Crippen LogP contribution in [0, 0.1) is 5.82 Å². The number of carbonyl (C=O) groups is 1. The van der Waals surface area contributed by atoms with Crippen LogP contribution in [0.15, 0.2) is 16.7 Å². The van der Waals surface area contributed by atoms with Gasteiger partial charge in [0.15, 0.2) is 17.6 Å². The van der Waals surface area contributed by atoms with Crippen LogP contribution in [-0.4, -0.2) is 48.3 Å². The van der Waals surface area contributed by atoms with E-state index in [0.29, 0.717) is 11.8 Å². The van der Waals surface area contributed by atoms with Crippen LogP contribution in [0.1, 0.15) is 11.9 Å². The summed E-state index contributed by atoms with van der Waals surface area (Å²) in [6, 6.07) is 1.38. The number of fused-ring (bicyclic) bond motifs is 1. The number of ether oxygens (including phenoxy) is 3. The van der Waals surface area contributed by atoms with Gasteiger partial charge < -0.3 is 19.0 Å². The van der Waals surface area contributed by atoms with Crippen molar-refractivity contribution in [1.82, 2.24) is 0 Å². The van der Waals surface area contributed by atoms with Gasteiger partial charge in [0, 0.05) is 11.9 Å². The quantitative estimate of drug-likeness (QED) is 0.747. The maximum atomic E-state index is 14.5. The first-order valence-corrected chi connectivity index (χ1v) is 8.97. The number of phenolic OH excluding ortho intramolecular Hbond substituents is 1. The average molecular weight is 423 g/mol. The highest BCUT2D eigenvalue weighted by Gasteiger charge is 2.38. The molecule has 1 N–H and O–H groups in total. The van der Waals surface area contributed by atoms with E-state index in [2.05, 4.69) is 4.74 Å². The molecule has 28 heavy (non-hydrogen) atoms. The Kier molecular flexibility index (Phi) is 4.89. The summed E-state index contributed by atoms with van der Waals surface area (Å²) in [6.07, 6.45) is -4.66. The van der Waals surface area contributed by atoms with Crippen molar-refractivity contribution in [3.05, 3.63) is 23.7 Å². The molecule has 3 heterocycles. The number of hydrogen-bond donors (Lipinski definition) is 1. The fourth-order valence-corrected chi connectivity index (χ4v) is 3.99. The summed E-state index contributed by atoms with van der Waals surface area (Å²) in [5.41, 5.74) is -0.0939. The fourth-order valence-electron chi connectivity index (χ4n) is 3.04. The average Bonchev–Trinajstić information content (AvgIpc) is 3.35. The predicted octanol–water partition coefficient (Wildman–Crippen LogP) is 3.90. The second-order valence-electron chi connectivity index (χ2n) is 6.07. The predicted molar refractivity (Wildman–Crippen MR) is 88.6 cm³/mol. The summed E-state index contributed by atoms with van der Waals surface area (Å²) in [7, 11) is 0. The highest BCUT2D eigenvalue weighted by atomic mass is 32.2. The first-order chi connectivity index (χ1) is 13.2. The Bertz CT molecular complexity index is 911. The molecular formula is C16H13F4NO6S. The number of aromatic hydroxyl groups is 1. The van der Waals surface area contributed by atoms with Crippen molar-refractivity contribution in [2.24, 2.45) is 0 Å². The summed E-state index contributed by atoms with van der Waals surface area (Å²) in [4.78, 5) is 13.4. The summed E-state index contributed by atoms with van der Waals surface area (Å²) in [5, 5.41) is 8.94. The molecule has 2 aromatic rings. The summed E-state index contributed by atoms with van der Waals surface area (Å²) >= 11 is 0.686. The third-order valence-electron chi connectivity index (χ3n) is 4.26. The van der Waals surface area contributed by atoms with Crippen LogP contribution in [0.3, 0.4) is 0 Å². The Balaban J connectivity index is 1.64. The maximum Gasteiger partial charge on any atom is 0.522 e. The molecule has 0 unspecified atom stereocenters. The van der Waals surface area contributed by atoms with E-state index >= 15 is 0 Å². The molecular weight excluding hydrogens is 410 g/mol. The number of halogens is 4. The monoisotopic (exact) mass is 423 g/mol. The molecule has 1 amide bonds. The van der Waals surface area contributed by atoms with Crippen LogP contribution in [-0.2, 0) is 14.2 Å². The standard InChI is InChI=1S/C16H13F4NO6S/c17-11-12(22)9(14-24-1-2-25-14)3-8-10(6-26-13(8)11)21-4-7(28-15(21)23)5-27-16(18,19)20/h3,6-7,14,22H,1-2,4-5H2/t7-/m1/s1. The molecule has 0 aliphatic carbocycles. The third kappa shape index (κ3) is 3.52. The molecule has 0 saturated carbocycles. The Morgan fingerprint density at radius 2 is 2.04 bits per heavy atom. The first kappa shape index (κ1) is 19.3. The van der Waals surface area contributed by atoms with E-state index in [1.54, 1.807) is 0 Å². The topological polar surface area (TPSA) is 81.4 Å². The van der Waals surface area contributed by atoms with E-state index in [9.17, 15) is 27.5 Å². The van der Waals surface area contributed by atoms with Gasteiger partial charge in [-0.1, -0.05) is 11.8 Å². The minimum atomic E-state index is -4.80. The molecule has 12 heteroatoms. The smallest absolute Gasteiger partial charge is 0.504 e. The summed E-state index contributed by atoms with van der Waals surface area (Å²) in [5.74, 6) is -1.74. The lowest BCUT2D eigenvalue weighted by atomic mass is 10.1. The van der Waals surface area contributed by atoms with Gasteiger partial charge in [-0.15, -0.1) is 13.2 Å². The second kappa shape index (κ2) is 7.10. The van der Waals surface area contributed by atoms with Gasteiger partial charge in [0.1, 0.15) is 6.26 Å². The zero-order valence-electron chi connectivity index (χ0n) is 14.0. The summed E-state index contributed by atoms with van der Waals surface area (Å²) in [6.45, 7) is -0.243. The number of nitrogens with zero attached hydrogens (tertiary/aromatic N) is 1. The van der Waals surface area contributed by atoms with Crippen LogP contribution in [0.5, 0.6) is 5.75 Å². The van der Waals surface area contributed by atoms with Crippen LogP contribution in [0.25, 0.3) is 11.0 Å². The molecule has 152 valence electrons. The first-order valence-electron chi connectivity index (χ1n) is 8.09. The Hall–Kier alpha value is -2.02. The lowest BCUT2D eigenvalue weighted by Gasteiger charge is -2.16. The Morgan fingerprint density at radius 3 is 2.71 bits per heavy atom. The molecule has 0 radical (unpaired) electrons. The molecule has 2 fully saturated rings. The van der Waals surface area contributed by atoms with Gasteiger partial charge in [-0.3, -0.25) is 14.4 Å². The largest absolute Gasteiger partial charge is 0.522 e. The van der Waals surface area contributed by atoms with Crippen molar-refractivity contribution in [2.45, 2.75) is 17.9 Å². The van der Waals surface area contributed by atoms with Crippen molar-refractivity contribution in [3.63, 3.8) is 0 Å². The minimum Gasteiger partial charge on any atom is -0.504 e. The molecule has 2 aliphatic heterocycles. The van der Waals surface area contributed by atoms with Gasteiger partial charge >= 0.3 is 6.36 Å². The maximum absolute atomic E-state index is 14.5. The number of anilines is 1. The zero-order chi connectivity index (χ0) is 20.1. The van der Waals surface area contributed by atoms with Crippen LogP contribution >= 0.6 is 11.8 Å². The molecule has 1 aromatic heterocycles. The molecule has 2 saturated heterocycles. The van der Waals surface area contributed by atoms with Crippen molar-refractivity contribution < 1.29 is 46.1 Å². The van der Waals surface area contributed by atoms with Crippen LogP contribution in [0.2, 0.25) is 0 Å². The van der Waals surface area contributed by atoms with Crippen LogP contribution in [0.4, 0.5) is 28.0 Å². The van der Waals surface area contributed by atoms with E-state index in [4.69, 9.17) is 13.9 Å². The summed E-state index contributed by atoms with van der Waals surface area (Å²) < 4.78 is 70.7. The molecule has 2 aliphatic rings. The molecule has 1 aromatic carbocycles. The van der Waals surface area contributed by atoms with E-state index in [1.807, 2.05) is 0 Å². The zero-order valence-corrected chi connectivity index (χ0v) is 14.8. The van der Waals surface area contributed by atoms with Crippen molar-refractivity contribution in [1.29, 1.82) is 0 Å². The molecule has 7 nitrogen and oxygen atoms in total. The number of carbonyl (C=O) groups excluding carboxylic acids is 1. The van der Waals surface area contributed by atoms with E-state index < -0.39 is 41.3 Å². The molecule has 4 rings (SSSR count). The number of rotatable bonds is 4. The van der Waals surface area contributed by atoms with Crippen molar-refractivity contribution >= 4 is 33.7 Å². The van der Waals surface area contributed by atoms with Gasteiger partial charge in [-0.05, 0) is 6.07 Å². The molecule has 0 spiro atoms. The number of alkyl halides is 3. The number of phenols is 1. The van der Waals surface area contributed by atoms with Crippen molar-refractivity contribution in [3.8, 4) is 5.75 Å². The fraction of sp³-hybridized carbons (Fsp3) is 0.438. The van der Waals surface area contributed by atoms with Gasteiger partial charge in [-0.25, -0.2) is 0 Å². The van der Waals surface area contributed by atoms with Gasteiger partial charge in [-0.2, -0.15) is 4.39 Å². The number of benzene rings is 1. The van der Waals surface area contributed by atoms with Crippen LogP contribution < -0.4 is 4.90 Å². The second-order valence-corrected chi connectivity index (χ2v) is 7.32. The highest BCUT2D eigenvalue weighted by molar-refractivity contribution is 8.14. The van der Waals surface area contributed by atoms with E-state index in [0.717, 1.165) is 6.26 Å². The lowest BCUT2D eigenvalue weighted by molar-refractivity contribution is -0.323. The van der Waals surface area contributed by atoms with E-state index in [-0.39, 0.29) is 42.0 Å². The number of hydrogen-bond acceptors (Lipinski definition) is 7. The van der Waals surface area contributed by atoms with E-state index in [1.165, 1.54) is 11.0 Å². The van der Waals surface area contributed by atoms with Gasteiger partial charge in [0.25, 0.3) is 5.24 Å². The SMILES string of the molecule is O=C1S[C@@H](COC(F)(F)F)CN1c1coc2c(F)c(O)c(C3OCCO3)cc12. The van der Waals surface area contributed by atoms with Crippen molar-refractivity contribution in [2.75, 3.05) is 31.3 Å². The minimum absolute atomic E-state index is 0.0291. The normalized spacial score (nSPS) is 21.4. The van der Waals surface area contributed by atoms with Gasteiger partial charge in [0.2, 0.25) is 5.82 Å². The number of thioether (sulfide) groups is 1. The highest BCUT2D eigenvalue weighted by Crippen LogP contribution is 2.43. The lowest BCUT2D eigenvalue weighted by Crippen LogP contribution is -2.27. The van der Waals surface area contributed by atoms with Gasteiger partial charge in [0.05, 0.1) is 36.3 Å². The number of amides is 1. The Labute approximate surface area is 159 Å². The third-order valence-corrected chi connectivity index (χ3v) is 5.30. The molecule has 1 atom stereocenters.